The van der Waals surface area contributed by atoms with Crippen LogP contribution < -0.4 is 0 Å². The fraction of sp³-hybridized carbons (Fsp3) is 0.944. The van der Waals surface area contributed by atoms with Gasteiger partial charge < -0.3 is 9.80 Å². The second kappa shape index (κ2) is 14.4. The number of carbonyl (C=O) groups excluding carboxylic acids is 1. The molecule has 0 spiro atoms. The molecule has 3 heteroatoms. The third-order valence-corrected chi connectivity index (χ3v) is 4.02. The van der Waals surface area contributed by atoms with Gasteiger partial charge in [-0.25, -0.2) is 0 Å². The zero-order valence-corrected chi connectivity index (χ0v) is 15.0. The molecule has 0 radical (unpaired) electrons. The van der Waals surface area contributed by atoms with Crippen LogP contribution in [0.3, 0.4) is 0 Å². The summed E-state index contributed by atoms with van der Waals surface area (Å²) in [7, 11) is 6.08. The van der Waals surface area contributed by atoms with Crippen molar-refractivity contribution in [2.75, 3.05) is 34.2 Å². The van der Waals surface area contributed by atoms with Gasteiger partial charge in [-0.15, -0.1) is 0 Å². The number of amides is 1. The Bertz CT molecular complexity index is 241. The van der Waals surface area contributed by atoms with E-state index in [2.05, 4.69) is 25.9 Å². The van der Waals surface area contributed by atoms with E-state index in [-0.39, 0.29) is 0 Å². The lowest BCUT2D eigenvalue weighted by molar-refractivity contribution is -0.130. The summed E-state index contributed by atoms with van der Waals surface area (Å²) in [4.78, 5) is 16.0. The lowest BCUT2D eigenvalue weighted by Crippen LogP contribution is -2.29. The molecule has 0 aliphatic carbocycles. The minimum Gasteiger partial charge on any atom is -0.346 e. The summed E-state index contributed by atoms with van der Waals surface area (Å²) in [5.41, 5.74) is 0. The third-order valence-electron chi connectivity index (χ3n) is 4.02. The molecule has 0 rings (SSSR count). The average molecular weight is 299 g/mol. The summed E-state index contributed by atoms with van der Waals surface area (Å²) in [6, 6.07) is 0. The molecule has 1 amide bonds. The van der Waals surface area contributed by atoms with E-state index in [9.17, 15) is 4.79 Å². The highest BCUT2D eigenvalue weighted by Gasteiger charge is 2.07. The molecule has 0 aliphatic heterocycles. The number of unbranched alkanes of at least 4 members (excludes halogenated alkanes) is 8. The van der Waals surface area contributed by atoms with Gasteiger partial charge in [0.05, 0.1) is 0 Å². The van der Waals surface area contributed by atoms with Crippen molar-refractivity contribution in [2.45, 2.75) is 77.6 Å². The molecule has 0 heterocycles. The lowest BCUT2D eigenvalue weighted by atomic mass is 10.1. The monoisotopic (exact) mass is 298 g/mol. The SMILES string of the molecule is CCCCCCCCCCCC(=O)N(C)CCCN(C)C. The minimum atomic E-state index is 0.316. The van der Waals surface area contributed by atoms with Crippen LogP contribution in [0.25, 0.3) is 0 Å². The Hall–Kier alpha value is -0.570. The van der Waals surface area contributed by atoms with Crippen molar-refractivity contribution in [2.24, 2.45) is 0 Å². The van der Waals surface area contributed by atoms with Crippen LogP contribution in [0.4, 0.5) is 0 Å². The lowest BCUT2D eigenvalue weighted by Gasteiger charge is -2.18. The smallest absolute Gasteiger partial charge is 0.222 e. The van der Waals surface area contributed by atoms with E-state index >= 15 is 0 Å². The number of hydrogen-bond acceptors (Lipinski definition) is 2. The van der Waals surface area contributed by atoms with Crippen LogP contribution in [0.1, 0.15) is 77.6 Å². The highest BCUT2D eigenvalue weighted by molar-refractivity contribution is 5.75. The molecule has 3 nitrogen and oxygen atoms in total. The molecule has 0 aromatic heterocycles. The summed E-state index contributed by atoms with van der Waals surface area (Å²) >= 11 is 0. The highest BCUT2D eigenvalue weighted by Crippen LogP contribution is 2.11. The molecule has 0 aromatic carbocycles. The summed E-state index contributed by atoms with van der Waals surface area (Å²) in [6.07, 6.45) is 13.6. The Labute approximate surface area is 133 Å². The number of hydrogen-bond donors (Lipinski definition) is 0. The molecule has 126 valence electrons. The van der Waals surface area contributed by atoms with Crippen molar-refractivity contribution in [1.29, 1.82) is 0 Å². The van der Waals surface area contributed by atoms with Crippen molar-refractivity contribution in [3.05, 3.63) is 0 Å². The first-order chi connectivity index (χ1) is 10.1. The molecule has 0 atom stereocenters. The minimum absolute atomic E-state index is 0.316. The predicted octanol–water partition coefficient (Wildman–Crippen LogP) is 4.32. The Balaban J connectivity index is 3.36. The van der Waals surface area contributed by atoms with Crippen LogP contribution in [0.2, 0.25) is 0 Å². The Morgan fingerprint density at radius 3 is 1.76 bits per heavy atom. The first kappa shape index (κ1) is 20.4. The molecule has 21 heavy (non-hydrogen) atoms. The standard InChI is InChI=1S/C18H38N2O/c1-5-6-7-8-9-10-11-12-13-15-18(21)20(4)17-14-16-19(2)3/h5-17H2,1-4H3. The fourth-order valence-electron chi connectivity index (χ4n) is 2.53. The van der Waals surface area contributed by atoms with Gasteiger partial charge in [-0.1, -0.05) is 58.3 Å². The molecule has 0 saturated carbocycles. The van der Waals surface area contributed by atoms with Crippen molar-refractivity contribution < 1.29 is 4.79 Å². The molecule has 0 aromatic rings. The second-order valence-electron chi connectivity index (χ2n) is 6.55. The summed E-state index contributed by atoms with van der Waals surface area (Å²) < 4.78 is 0. The van der Waals surface area contributed by atoms with Crippen molar-refractivity contribution >= 4 is 5.91 Å². The van der Waals surface area contributed by atoms with Gasteiger partial charge in [-0.2, -0.15) is 0 Å². The maximum Gasteiger partial charge on any atom is 0.222 e. The zero-order valence-electron chi connectivity index (χ0n) is 15.0. The quantitative estimate of drug-likeness (QED) is 0.446. The zero-order chi connectivity index (χ0) is 15.9. The van der Waals surface area contributed by atoms with Gasteiger partial charge in [0.1, 0.15) is 0 Å². The van der Waals surface area contributed by atoms with E-state index in [1.165, 1.54) is 51.4 Å². The Morgan fingerprint density at radius 2 is 1.24 bits per heavy atom. The van der Waals surface area contributed by atoms with E-state index < -0.39 is 0 Å². The molecule has 0 unspecified atom stereocenters. The third kappa shape index (κ3) is 14.1. The fourth-order valence-corrected chi connectivity index (χ4v) is 2.53. The van der Waals surface area contributed by atoms with E-state index in [1.54, 1.807) is 0 Å². The molecule has 0 bridgehead atoms. The maximum atomic E-state index is 11.9. The summed E-state index contributed by atoms with van der Waals surface area (Å²) in [6.45, 7) is 4.19. The van der Waals surface area contributed by atoms with E-state index in [1.807, 2.05) is 11.9 Å². The second-order valence-corrected chi connectivity index (χ2v) is 6.55. The summed E-state index contributed by atoms with van der Waals surface area (Å²) in [5.74, 6) is 0.316. The molecular formula is C18H38N2O. The highest BCUT2D eigenvalue weighted by atomic mass is 16.2. The number of nitrogens with zero attached hydrogens (tertiary/aromatic N) is 2. The van der Waals surface area contributed by atoms with Gasteiger partial charge in [0.2, 0.25) is 5.91 Å². The van der Waals surface area contributed by atoms with Gasteiger partial charge in [0, 0.05) is 20.0 Å². The van der Waals surface area contributed by atoms with Crippen molar-refractivity contribution in [1.82, 2.24) is 9.80 Å². The Morgan fingerprint density at radius 1 is 0.714 bits per heavy atom. The Kier molecular flexibility index (Phi) is 14.0. The van der Waals surface area contributed by atoms with E-state index in [0.717, 1.165) is 32.4 Å². The van der Waals surface area contributed by atoms with Gasteiger partial charge in [-0.05, 0) is 33.5 Å². The summed E-state index contributed by atoms with van der Waals surface area (Å²) in [5, 5.41) is 0. The van der Waals surface area contributed by atoms with Gasteiger partial charge in [-0.3, -0.25) is 4.79 Å². The van der Waals surface area contributed by atoms with Crippen LogP contribution in [0.15, 0.2) is 0 Å². The largest absolute Gasteiger partial charge is 0.346 e. The van der Waals surface area contributed by atoms with Crippen molar-refractivity contribution in [3.63, 3.8) is 0 Å². The van der Waals surface area contributed by atoms with Crippen LogP contribution in [-0.4, -0.2) is 49.9 Å². The first-order valence-corrected chi connectivity index (χ1v) is 8.96. The molecule has 0 saturated heterocycles. The van der Waals surface area contributed by atoms with Gasteiger partial charge >= 0.3 is 0 Å². The molecular weight excluding hydrogens is 260 g/mol. The van der Waals surface area contributed by atoms with E-state index in [0.29, 0.717) is 5.91 Å². The van der Waals surface area contributed by atoms with Crippen LogP contribution in [0.5, 0.6) is 0 Å². The van der Waals surface area contributed by atoms with Crippen LogP contribution in [0, 0.1) is 0 Å². The predicted molar refractivity (Wildman–Crippen MR) is 92.7 cm³/mol. The number of carbonyl (C=O) groups is 1. The average Bonchev–Trinajstić information content (AvgIpc) is 2.44. The molecule has 0 N–H and O–H groups in total. The first-order valence-electron chi connectivity index (χ1n) is 8.96. The normalized spacial score (nSPS) is 11.1. The van der Waals surface area contributed by atoms with Gasteiger partial charge in [0.15, 0.2) is 0 Å². The maximum absolute atomic E-state index is 11.9. The van der Waals surface area contributed by atoms with Crippen molar-refractivity contribution in [3.8, 4) is 0 Å². The topological polar surface area (TPSA) is 23.6 Å². The van der Waals surface area contributed by atoms with Crippen LogP contribution in [-0.2, 0) is 4.79 Å². The molecule has 0 aliphatic rings. The number of rotatable bonds is 14. The van der Waals surface area contributed by atoms with E-state index in [4.69, 9.17) is 0 Å². The van der Waals surface area contributed by atoms with Crippen LogP contribution >= 0.6 is 0 Å². The molecule has 0 fully saturated rings. The van der Waals surface area contributed by atoms with Gasteiger partial charge in [0.25, 0.3) is 0 Å².